The van der Waals surface area contributed by atoms with Crippen molar-refractivity contribution in [1.29, 1.82) is 0 Å². The number of aromatic nitrogens is 4. The summed E-state index contributed by atoms with van der Waals surface area (Å²) in [5.41, 5.74) is 8.06. The number of hydrogen-bond acceptors (Lipinski definition) is 7. The van der Waals surface area contributed by atoms with Gasteiger partial charge in [0.15, 0.2) is 0 Å². The third-order valence-electron chi connectivity index (χ3n) is 7.08. The van der Waals surface area contributed by atoms with Gasteiger partial charge in [-0.2, -0.15) is 13.2 Å². The first kappa shape index (κ1) is 18.3. The molecule has 2 bridgehead atoms. The normalized spacial score (nSPS) is 32.2. The molecule has 0 spiro atoms. The van der Waals surface area contributed by atoms with Crippen LogP contribution < -0.4 is 10.6 Å². The summed E-state index contributed by atoms with van der Waals surface area (Å²) in [6.45, 7) is 1.10. The van der Waals surface area contributed by atoms with E-state index in [1.165, 1.54) is 17.7 Å². The minimum atomic E-state index is -4.15. The standard InChI is InChI=1S/C20H22F3N7/c21-20(22,23)9-29-7-13-14(8-29)17(13)16-3-15(11-4-25-18(24)26-5-11)27-19(28-16)30-6-10-1-12(30)2-10/h3-5,10,12-14,17H,1-2,6-9H2,(H2,24,25,26)/t10?,12?,13-,14+,17?. The number of nitrogen functional groups attached to an aromatic ring is 1. The molecule has 2 N–H and O–H groups in total. The van der Waals surface area contributed by atoms with Crippen LogP contribution in [0, 0.1) is 17.8 Å². The maximum Gasteiger partial charge on any atom is 0.401 e. The minimum absolute atomic E-state index is 0.197. The predicted octanol–water partition coefficient (Wildman–Crippen LogP) is 2.32. The van der Waals surface area contributed by atoms with E-state index in [1.54, 1.807) is 12.4 Å². The van der Waals surface area contributed by atoms with E-state index < -0.39 is 12.7 Å². The Labute approximate surface area is 171 Å². The first-order valence-corrected chi connectivity index (χ1v) is 10.4. The lowest BCUT2D eigenvalue weighted by atomic mass is 9.86. The van der Waals surface area contributed by atoms with Gasteiger partial charge in [-0.15, -0.1) is 0 Å². The van der Waals surface area contributed by atoms with Gasteiger partial charge in [-0.1, -0.05) is 0 Å². The van der Waals surface area contributed by atoms with Crippen molar-refractivity contribution in [2.24, 2.45) is 17.8 Å². The van der Waals surface area contributed by atoms with Crippen molar-refractivity contribution in [3.63, 3.8) is 0 Å². The zero-order valence-electron chi connectivity index (χ0n) is 16.3. The van der Waals surface area contributed by atoms with Crippen LogP contribution in [0.4, 0.5) is 25.1 Å². The van der Waals surface area contributed by atoms with Gasteiger partial charge in [-0.25, -0.2) is 19.9 Å². The Morgan fingerprint density at radius 3 is 2.33 bits per heavy atom. The van der Waals surface area contributed by atoms with Gasteiger partial charge in [0.05, 0.1) is 17.9 Å². The highest BCUT2D eigenvalue weighted by molar-refractivity contribution is 5.60. The van der Waals surface area contributed by atoms with Crippen LogP contribution >= 0.6 is 0 Å². The molecular formula is C20H22F3N7. The van der Waals surface area contributed by atoms with Crippen LogP contribution in [0.5, 0.6) is 0 Å². The summed E-state index contributed by atoms with van der Waals surface area (Å²) in [5, 5.41) is 0. The minimum Gasteiger partial charge on any atom is -0.368 e. The molecule has 5 fully saturated rings. The van der Waals surface area contributed by atoms with E-state index in [4.69, 9.17) is 15.7 Å². The molecule has 30 heavy (non-hydrogen) atoms. The second kappa shape index (κ2) is 6.26. The topological polar surface area (TPSA) is 84.1 Å². The lowest BCUT2D eigenvalue weighted by Gasteiger charge is -2.26. The van der Waals surface area contributed by atoms with Gasteiger partial charge in [0, 0.05) is 49.6 Å². The molecule has 5 heterocycles. The average molecular weight is 417 g/mol. The van der Waals surface area contributed by atoms with Crippen LogP contribution in [-0.2, 0) is 0 Å². The summed E-state index contributed by atoms with van der Waals surface area (Å²) in [6, 6.07) is 2.46. The van der Waals surface area contributed by atoms with Crippen LogP contribution in [0.1, 0.15) is 24.5 Å². The molecule has 5 aliphatic rings. The number of alkyl halides is 3. The molecule has 1 unspecified atom stereocenters. The van der Waals surface area contributed by atoms with E-state index in [1.807, 2.05) is 6.07 Å². The van der Waals surface area contributed by atoms with Crippen LogP contribution in [0.2, 0.25) is 0 Å². The van der Waals surface area contributed by atoms with E-state index in [0.29, 0.717) is 19.1 Å². The van der Waals surface area contributed by atoms with Crippen molar-refractivity contribution in [2.45, 2.75) is 31.0 Å². The highest BCUT2D eigenvalue weighted by atomic mass is 19.4. The molecule has 2 aliphatic carbocycles. The number of nitrogens with zero attached hydrogens (tertiary/aromatic N) is 6. The molecule has 0 amide bonds. The molecule has 0 aromatic carbocycles. The first-order chi connectivity index (χ1) is 14.3. The van der Waals surface area contributed by atoms with Gasteiger partial charge in [0.2, 0.25) is 11.9 Å². The number of fused-ring (bicyclic) bond motifs is 2. The lowest BCUT2D eigenvalue weighted by Crippen LogP contribution is -2.34. The van der Waals surface area contributed by atoms with E-state index in [2.05, 4.69) is 14.9 Å². The SMILES string of the molecule is Nc1ncc(-c2cc(C3[C@H]4CN(CC(F)(F)F)C[C@@H]34)nc(N3CC4CC3C4)n2)cn1. The van der Waals surface area contributed by atoms with E-state index in [9.17, 15) is 13.2 Å². The smallest absolute Gasteiger partial charge is 0.368 e. The fourth-order valence-electron chi connectivity index (χ4n) is 5.58. The van der Waals surface area contributed by atoms with Gasteiger partial charge in [0.1, 0.15) is 0 Å². The number of hydrogen-bond donors (Lipinski definition) is 1. The molecule has 10 heteroatoms. The molecule has 3 aliphatic heterocycles. The van der Waals surface area contributed by atoms with Crippen LogP contribution in [0.15, 0.2) is 18.5 Å². The number of halogens is 3. The highest BCUT2D eigenvalue weighted by Gasteiger charge is 2.58. The Hall–Kier alpha value is -2.49. The Morgan fingerprint density at radius 2 is 1.73 bits per heavy atom. The molecular weight excluding hydrogens is 395 g/mol. The highest BCUT2D eigenvalue weighted by Crippen LogP contribution is 2.58. The Morgan fingerprint density at radius 1 is 1.03 bits per heavy atom. The van der Waals surface area contributed by atoms with Gasteiger partial charge < -0.3 is 10.6 Å². The molecule has 0 radical (unpaired) electrons. The second-order valence-electron chi connectivity index (χ2n) is 9.11. The van der Waals surface area contributed by atoms with Crippen LogP contribution in [-0.4, -0.2) is 63.2 Å². The average Bonchev–Trinajstić information content (AvgIpc) is 3.06. The molecule has 2 saturated carbocycles. The van der Waals surface area contributed by atoms with Gasteiger partial charge in [-0.3, -0.25) is 4.90 Å². The van der Waals surface area contributed by atoms with Crippen LogP contribution in [0.25, 0.3) is 11.3 Å². The molecule has 2 aromatic rings. The molecule has 158 valence electrons. The summed E-state index contributed by atoms with van der Waals surface area (Å²) >= 11 is 0. The maximum atomic E-state index is 12.7. The molecule has 3 saturated heterocycles. The predicted molar refractivity (Wildman–Crippen MR) is 104 cm³/mol. The van der Waals surface area contributed by atoms with Crippen LogP contribution in [0.3, 0.4) is 0 Å². The number of nitrogens with two attached hydrogens (primary N) is 1. The van der Waals surface area contributed by atoms with E-state index in [0.717, 1.165) is 35.4 Å². The van der Waals surface area contributed by atoms with Crippen molar-refractivity contribution >= 4 is 11.9 Å². The molecule has 7 rings (SSSR count). The summed E-state index contributed by atoms with van der Waals surface area (Å²) < 4.78 is 38.1. The third kappa shape index (κ3) is 3.08. The van der Waals surface area contributed by atoms with Crippen molar-refractivity contribution in [3.05, 3.63) is 24.2 Å². The second-order valence-corrected chi connectivity index (χ2v) is 9.11. The Bertz CT molecular complexity index is 961. The molecule has 7 nitrogen and oxygen atoms in total. The number of likely N-dealkylation sites (tertiary alicyclic amines) is 1. The number of piperidine rings is 1. The fraction of sp³-hybridized carbons (Fsp3) is 0.600. The van der Waals surface area contributed by atoms with Crippen molar-refractivity contribution in [2.75, 3.05) is 36.8 Å². The van der Waals surface area contributed by atoms with Crippen molar-refractivity contribution in [1.82, 2.24) is 24.8 Å². The van der Waals surface area contributed by atoms with Crippen molar-refractivity contribution < 1.29 is 13.2 Å². The number of rotatable bonds is 4. The summed E-state index contributed by atoms with van der Waals surface area (Å²) in [6.07, 6.45) is 1.54. The van der Waals surface area contributed by atoms with Gasteiger partial charge in [-0.05, 0) is 36.7 Å². The Kier molecular flexibility index (Phi) is 3.82. The monoisotopic (exact) mass is 417 g/mol. The van der Waals surface area contributed by atoms with E-state index >= 15 is 0 Å². The maximum absolute atomic E-state index is 12.7. The Balaban J connectivity index is 1.29. The van der Waals surface area contributed by atoms with E-state index in [-0.39, 0.29) is 23.7 Å². The summed E-state index contributed by atoms with van der Waals surface area (Å²) in [4.78, 5) is 21.6. The number of anilines is 2. The zero-order chi connectivity index (χ0) is 20.6. The lowest BCUT2D eigenvalue weighted by molar-refractivity contribution is -0.144. The third-order valence-corrected chi connectivity index (χ3v) is 7.08. The largest absolute Gasteiger partial charge is 0.401 e. The summed E-state index contributed by atoms with van der Waals surface area (Å²) in [7, 11) is 0. The zero-order valence-corrected chi connectivity index (χ0v) is 16.3. The van der Waals surface area contributed by atoms with Gasteiger partial charge >= 0.3 is 6.18 Å². The molecule has 2 aromatic heterocycles. The first-order valence-electron chi connectivity index (χ1n) is 10.4. The summed E-state index contributed by atoms with van der Waals surface area (Å²) in [5.74, 6) is 2.32. The van der Waals surface area contributed by atoms with Gasteiger partial charge in [0.25, 0.3) is 0 Å². The fourth-order valence-corrected chi connectivity index (χ4v) is 5.58. The van der Waals surface area contributed by atoms with Crippen molar-refractivity contribution in [3.8, 4) is 11.3 Å². The molecule has 3 atom stereocenters. The quantitative estimate of drug-likeness (QED) is 0.817.